The van der Waals surface area contributed by atoms with Crippen molar-refractivity contribution in [2.24, 2.45) is 0 Å². The summed E-state index contributed by atoms with van der Waals surface area (Å²) in [6.07, 6.45) is 1.07. The normalized spacial score (nSPS) is 16.4. The zero-order chi connectivity index (χ0) is 18.8. The third-order valence-electron chi connectivity index (χ3n) is 4.87. The lowest BCUT2D eigenvalue weighted by Gasteiger charge is -2.35. The van der Waals surface area contributed by atoms with E-state index < -0.39 is 0 Å². The second-order valence-electron chi connectivity index (χ2n) is 6.73. The van der Waals surface area contributed by atoms with Gasteiger partial charge in [0.25, 0.3) is 0 Å². The van der Waals surface area contributed by atoms with Crippen LogP contribution in [0.5, 0.6) is 0 Å². The van der Waals surface area contributed by atoms with E-state index in [1.54, 1.807) is 4.68 Å². The highest BCUT2D eigenvalue weighted by Crippen LogP contribution is 2.28. The van der Waals surface area contributed by atoms with E-state index in [1.165, 1.54) is 5.56 Å². The van der Waals surface area contributed by atoms with Crippen LogP contribution in [0, 0.1) is 13.8 Å². The number of benzene rings is 1. The molecular formula is C18H22N8O. The molecule has 2 aromatic heterocycles. The molecule has 9 nitrogen and oxygen atoms in total. The van der Waals surface area contributed by atoms with Crippen molar-refractivity contribution >= 4 is 5.91 Å². The molecule has 3 aromatic rings. The Kier molecular flexibility index (Phi) is 4.66. The van der Waals surface area contributed by atoms with E-state index in [-0.39, 0.29) is 11.9 Å². The molecule has 9 heteroatoms. The van der Waals surface area contributed by atoms with Crippen LogP contribution in [0.4, 0.5) is 0 Å². The molecule has 1 aliphatic heterocycles. The number of amides is 1. The first-order valence-electron chi connectivity index (χ1n) is 9.09. The molecule has 0 aliphatic carbocycles. The molecule has 0 radical (unpaired) electrons. The molecule has 4 rings (SSSR count). The molecule has 0 N–H and O–H groups in total. The first-order valence-corrected chi connectivity index (χ1v) is 9.09. The largest absolute Gasteiger partial charge is 0.330 e. The number of fused-ring (bicyclic) bond motifs is 1. The van der Waals surface area contributed by atoms with Gasteiger partial charge in [0, 0.05) is 19.4 Å². The van der Waals surface area contributed by atoms with Crippen molar-refractivity contribution in [1.82, 2.24) is 39.9 Å². The third-order valence-corrected chi connectivity index (χ3v) is 4.87. The quantitative estimate of drug-likeness (QED) is 0.671. The summed E-state index contributed by atoms with van der Waals surface area (Å²) in [5.74, 6) is 2.38. The van der Waals surface area contributed by atoms with E-state index in [9.17, 15) is 4.79 Å². The van der Waals surface area contributed by atoms with Crippen molar-refractivity contribution in [1.29, 1.82) is 0 Å². The summed E-state index contributed by atoms with van der Waals surface area (Å²) in [6.45, 7) is 5.47. The molecule has 3 heterocycles. The summed E-state index contributed by atoms with van der Waals surface area (Å²) in [4.78, 5) is 19.5. The highest BCUT2D eigenvalue weighted by molar-refractivity contribution is 5.76. The summed E-state index contributed by atoms with van der Waals surface area (Å²) in [7, 11) is 0. The molecule has 1 aromatic carbocycles. The SMILES string of the molecule is Cc1nc2n(n1)CCN(C(=O)CCn1nnnc1C)[C@H]2Cc1ccccc1. The minimum atomic E-state index is -0.121. The van der Waals surface area contributed by atoms with E-state index in [1.807, 2.05) is 41.6 Å². The molecular weight excluding hydrogens is 344 g/mol. The molecule has 1 amide bonds. The zero-order valence-electron chi connectivity index (χ0n) is 15.5. The molecule has 140 valence electrons. The highest BCUT2D eigenvalue weighted by Gasteiger charge is 2.33. The van der Waals surface area contributed by atoms with Crippen LogP contribution in [0.25, 0.3) is 0 Å². The zero-order valence-corrected chi connectivity index (χ0v) is 15.5. The minimum absolute atomic E-state index is 0.0812. The lowest BCUT2D eigenvalue weighted by molar-refractivity contribution is -0.135. The van der Waals surface area contributed by atoms with Gasteiger partial charge in [0.1, 0.15) is 17.5 Å². The van der Waals surface area contributed by atoms with Gasteiger partial charge in [-0.15, -0.1) is 5.10 Å². The lowest BCUT2D eigenvalue weighted by Crippen LogP contribution is -2.43. The Morgan fingerprint density at radius 2 is 2.00 bits per heavy atom. The Labute approximate surface area is 157 Å². The van der Waals surface area contributed by atoms with Crippen LogP contribution in [-0.4, -0.2) is 52.3 Å². The topological polar surface area (TPSA) is 94.6 Å². The maximum atomic E-state index is 13.0. The van der Waals surface area contributed by atoms with Crippen molar-refractivity contribution in [2.45, 2.75) is 45.8 Å². The predicted octanol–water partition coefficient (Wildman–Crippen LogP) is 1.10. The van der Waals surface area contributed by atoms with Crippen molar-refractivity contribution in [3.63, 3.8) is 0 Å². The molecule has 0 saturated heterocycles. The lowest BCUT2D eigenvalue weighted by atomic mass is 10.0. The Bertz CT molecular complexity index is 932. The molecule has 1 aliphatic rings. The van der Waals surface area contributed by atoms with E-state index in [2.05, 4.69) is 37.7 Å². The standard InChI is InChI=1S/C18H22N8O/c1-13-19-18-16(12-15-6-4-3-5-7-15)24(10-11-26(18)21-13)17(27)8-9-25-14(2)20-22-23-25/h3-7,16H,8-12H2,1-2H3/t16-/m0/s1. The van der Waals surface area contributed by atoms with Gasteiger partial charge in [-0.05, 0) is 29.8 Å². The summed E-state index contributed by atoms with van der Waals surface area (Å²) < 4.78 is 3.58. The summed E-state index contributed by atoms with van der Waals surface area (Å²) in [6, 6.07) is 10.1. The number of hydrogen-bond acceptors (Lipinski definition) is 6. The summed E-state index contributed by atoms with van der Waals surface area (Å²) >= 11 is 0. The van der Waals surface area contributed by atoms with E-state index >= 15 is 0 Å². The number of carbonyl (C=O) groups excluding carboxylic acids is 1. The maximum Gasteiger partial charge on any atom is 0.225 e. The van der Waals surface area contributed by atoms with Gasteiger partial charge in [-0.3, -0.25) is 4.79 Å². The van der Waals surface area contributed by atoms with Crippen LogP contribution in [0.3, 0.4) is 0 Å². The van der Waals surface area contributed by atoms with Gasteiger partial charge < -0.3 is 4.90 Å². The summed E-state index contributed by atoms with van der Waals surface area (Å²) in [5, 5.41) is 15.9. The molecule has 27 heavy (non-hydrogen) atoms. The van der Waals surface area contributed by atoms with E-state index in [4.69, 9.17) is 0 Å². The number of tetrazole rings is 1. The molecule has 0 saturated carbocycles. The fourth-order valence-corrected chi connectivity index (χ4v) is 3.52. The number of rotatable bonds is 5. The van der Waals surface area contributed by atoms with Gasteiger partial charge in [-0.2, -0.15) is 5.10 Å². The summed E-state index contributed by atoms with van der Waals surface area (Å²) in [5.41, 5.74) is 1.17. The highest BCUT2D eigenvalue weighted by atomic mass is 16.2. The van der Waals surface area contributed by atoms with Crippen molar-refractivity contribution in [3.05, 3.63) is 53.4 Å². The van der Waals surface area contributed by atoms with Gasteiger partial charge in [0.15, 0.2) is 0 Å². The molecule has 0 bridgehead atoms. The van der Waals surface area contributed by atoms with Crippen molar-refractivity contribution < 1.29 is 4.79 Å². The molecule has 0 unspecified atom stereocenters. The predicted molar refractivity (Wildman–Crippen MR) is 96.5 cm³/mol. The van der Waals surface area contributed by atoms with Crippen LogP contribution in [-0.2, 0) is 24.3 Å². The van der Waals surface area contributed by atoms with Crippen LogP contribution in [0.15, 0.2) is 30.3 Å². The van der Waals surface area contributed by atoms with Crippen LogP contribution < -0.4 is 0 Å². The molecule has 0 fully saturated rings. The number of aromatic nitrogens is 7. The van der Waals surface area contributed by atoms with Crippen molar-refractivity contribution in [2.75, 3.05) is 6.54 Å². The number of aryl methyl sites for hydroxylation is 3. The second kappa shape index (κ2) is 7.26. The van der Waals surface area contributed by atoms with E-state index in [0.717, 1.165) is 11.6 Å². The van der Waals surface area contributed by atoms with E-state index in [0.29, 0.717) is 38.3 Å². The average molecular weight is 366 g/mol. The van der Waals surface area contributed by atoms with Gasteiger partial charge in [-0.25, -0.2) is 14.3 Å². The van der Waals surface area contributed by atoms with Gasteiger partial charge in [0.2, 0.25) is 5.91 Å². The fourth-order valence-electron chi connectivity index (χ4n) is 3.52. The Morgan fingerprint density at radius 1 is 1.19 bits per heavy atom. The molecule has 1 atom stereocenters. The van der Waals surface area contributed by atoms with Crippen molar-refractivity contribution in [3.8, 4) is 0 Å². The van der Waals surface area contributed by atoms with Crippen LogP contribution in [0.2, 0.25) is 0 Å². The number of carbonyl (C=O) groups is 1. The van der Waals surface area contributed by atoms with Gasteiger partial charge >= 0.3 is 0 Å². The Balaban J connectivity index is 1.56. The molecule has 0 spiro atoms. The second-order valence-corrected chi connectivity index (χ2v) is 6.73. The Morgan fingerprint density at radius 3 is 2.74 bits per heavy atom. The third kappa shape index (κ3) is 3.57. The monoisotopic (exact) mass is 366 g/mol. The average Bonchev–Trinajstić information content (AvgIpc) is 3.25. The fraction of sp³-hybridized carbons (Fsp3) is 0.444. The first kappa shape index (κ1) is 17.3. The number of hydrogen-bond donors (Lipinski definition) is 0. The van der Waals surface area contributed by atoms with Gasteiger partial charge in [0.05, 0.1) is 19.1 Å². The smallest absolute Gasteiger partial charge is 0.225 e. The first-order chi connectivity index (χ1) is 13.1. The Hall–Kier alpha value is -3.10. The number of nitrogens with zero attached hydrogens (tertiary/aromatic N) is 8. The van der Waals surface area contributed by atoms with Gasteiger partial charge in [-0.1, -0.05) is 30.3 Å². The maximum absolute atomic E-state index is 13.0. The van der Waals surface area contributed by atoms with Crippen LogP contribution >= 0.6 is 0 Å². The minimum Gasteiger partial charge on any atom is -0.330 e. The van der Waals surface area contributed by atoms with Crippen LogP contribution in [0.1, 0.15) is 35.5 Å².